The third-order valence-corrected chi connectivity index (χ3v) is 3.48. The van der Waals surface area contributed by atoms with Crippen molar-refractivity contribution >= 4 is 16.6 Å². The van der Waals surface area contributed by atoms with Gasteiger partial charge in [0.15, 0.2) is 0 Å². The summed E-state index contributed by atoms with van der Waals surface area (Å²) in [6.45, 7) is 3.09. The molecule has 0 bridgehead atoms. The number of fused-ring (bicyclic) bond motifs is 1. The molecule has 0 radical (unpaired) electrons. The molecule has 0 aliphatic rings. The van der Waals surface area contributed by atoms with Crippen LogP contribution < -0.4 is 15.6 Å². The molecular formula is C18H18N2O2. The Kier molecular flexibility index (Phi) is 4.10. The highest BCUT2D eigenvalue weighted by Crippen LogP contribution is 2.16. The average molecular weight is 294 g/mol. The van der Waals surface area contributed by atoms with Crippen LogP contribution in [0.1, 0.15) is 12.5 Å². The minimum atomic E-state index is -0.0582. The molecular weight excluding hydrogens is 276 g/mol. The molecule has 2 N–H and O–H groups in total. The molecule has 3 aromatic rings. The molecule has 4 heteroatoms. The van der Waals surface area contributed by atoms with Crippen LogP contribution in [0.2, 0.25) is 0 Å². The zero-order chi connectivity index (χ0) is 15.4. The van der Waals surface area contributed by atoms with E-state index in [4.69, 9.17) is 4.74 Å². The third-order valence-electron chi connectivity index (χ3n) is 3.48. The number of ether oxygens (including phenoxy) is 1. The molecule has 0 aliphatic heterocycles. The van der Waals surface area contributed by atoms with Crippen molar-refractivity contribution in [3.8, 4) is 5.75 Å². The number of para-hydroxylation sites is 1. The van der Waals surface area contributed by atoms with E-state index in [0.717, 1.165) is 22.3 Å². The summed E-state index contributed by atoms with van der Waals surface area (Å²) in [7, 11) is 0. The van der Waals surface area contributed by atoms with Gasteiger partial charge in [-0.05, 0) is 48.7 Å². The van der Waals surface area contributed by atoms with E-state index in [-0.39, 0.29) is 5.56 Å². The number of nitrogens with one attached hydrogen (secondary N) is 2. The number of H-pyrrole nitrogens is 1. The Bertz CT molecular complexity index is 822. The molecule has 0 saturated carbocycles. The van der Waals surface area contributed by atoms with Crippen LogP contribution in [0.4, 0.5) is 5.69 Å². The van der Waals surface area contributed by atoms with E-state index in [0.29, 0.717) is 18.7 Å². The molecule has 1 aromatic heterocycles. The van der Waals surface area contributed by atoms with Gasteiger partial charge in [-0.1, -0.05) is 18.2 Å². The molecule has 112 valence electrons. The maximum Gasteiger partial charge on any atom is 0.253 e. The van der Waals surface area contributed by atoms with E-state index in [9.17, 15) is 4.79 Å². The lowest BCUT2D eigenvalue weighted by molar-refractivity contribution is 0.340. The largest absolute Gasteiger partial charge is 0.494 e. The highest BCUT2D eigenvalue weighted by molar-refractivity contribution is 5.78. The van der Waals surface area contributed by atoms with Crippen molar-refractivity contribution in [2.75, 3.05) is 11.9 Å². The fraction of sp³-hybridized carbons (Fsp3) is 0.167. The van der Waals surface area contributed by atoms with Crippen LogP contribution in [-0.2, 0) is 6.54 Å². The van der Waals surface area contributed by atoms with E-state index in [1.807, 2.05) is 61.5 Å². The predicted molar refractivity (Wildman–Crippen MR) is 89.5 cm³/mol. The number of anilines is 1. The van der Waals surface area contributed by atoms with Crippen molar-refractivity contribution in [3.05, 3.63) is 70.5 Å². The van der Waals surface area contributed by atoms with E-state index < -0.39 is 0 Å². The normalized spacial score (nSPS) is 10.6. The number of benzene rings is 2. The first-order valence-electron chi connectivity index (χ1n) is 7.34. The molecule has 2 aromatic carbocycles. The minimum absolute atomic E-state index is 0.0582. The molecule has 0 amide bonds. The Hall–Kier alpha value is -2.75. The fourth-order valence-electron chi connectivity index (χ4n) is 2.36. The lowest BCUT2D eigenvalue weighted by Crippen LogP contribution is -2.15. The van der Waals surface area contributed by atoms with Crippen LogP contribution in [0.5, 0.6) is 5.75 Å². The quantitative estimate of drug-likeness (QED) is 0.756. The number of pyridine rings is 1. The van der Waals surface area contributed by atoms with Crippen LogP contribution in [-0.4, -0.2) is 11.6 Å². The molecule has 0 spiro atoms. The summed E-state index contributed by atoms with van der Waals surface area (Å²) >= 11 is 0. The molecule has 0 unspecified atom stereocenters. The topological polar surface area (TPSA) is 54.1 Å². The van der Waals surface area contributed by atoms with Gasteiger partial charge in [0.2, 0.25) is 0 Å². The van der Waals surface area contributed by atoms with Gasteiger partial charge in [0, 0.05) is 23.3 Å². The van der Waals surface area contributed by atoms with Crippen molar-refractivity contribution in [3.63, 3.8) is 0 Å². The van der Waals surface area contributed by atoms with Gasteiger partial charge in [0.05, 0.1) is 6.61 Å². The Morgan fingerprint density at radius 1 is 1.09 bits per heavy atom. The highest BCUT2D eigenvalue weighted by atomic mass is 16.5. The molecule has 1 heterocycles. The van der Waals surface area contributed by atoms with Gasteiger partial charge in [0.1, 0.15) is 5.75 Å². The van der Waals surface area contributed by atoms with Crippen LogP contribution in [0.3, 0.4) is 0 Å². The van der Waals surface area contributed by atoms with Crippen LogP contribution in [0.25, 0.3) is 10.9 Å². The van der Waals surface area contributed by atoms with E-state index in [2.05, 4.69) is 10.3 Å². The molecule has 0 saturated heterocycles. The SMILES string of the molecule is CCOc1ccc(NCc2cc3ccccc3[nH]c2=O)cc1. The van der Waals surface area contributed by atoms with Crippen LogP contribution >= 0.6 is 0 Å². The van der Waals surface area contributed by atoms with E-state index in [1.165, 1.54) is 0 Å². The van der Waals surface area contributed by atoms with Crippen LogP contribution in [0, 0.1) is 0 Å². The zero-order valence-corrected chi connectivity index (χ0v) is 12.4. The number of rotatable bonds is 5. The maximum absolute atomic E-state index is 12.1. The highest BCUT2D eigenvalue weighted by Gasteiger charge is 2.03. The average Bonchev–Trinajstić information content (AvgIpc) is 2.54. The van der Waals surface area contributed by atoms with Crippen molar-refractivity contribution < 1.29 is 4.74 Å². The van der Waals surface area contributed by atoms with Gasteiger partial charge in [-0.15, -0.1) is 0 Å². The first-order chi connectivity index (χ1) is 10.8. The third kappa shape index (κ3) is 3.11. The first kappa shape index (κ1) is 14.2. The number of aromatic amines is 1. The summed E-state index contributed by atoms with van der Waals surface area (Å²) in [4.78, 5) is 15.0. The fourth-order valence-corrected chi connectivity index (χ4v) is 2.36. The summed E-state index contributed by atoms with van der Waals surface area (Å²) in [5.74, 6) is 0.844. The van der Waals surface area contributed by atoms with Crippen molar-refractivity contribution in [1.29, 1.82) is 0 Å². The number of aromatic nitrogens is 1. The molecule has 22 heavy (non-hydrogen) atoms. The summed E-state index contributed by atoms with van der Waals surface area (Å²) in [6, 6.07) is 17.4. The summed E-state index contributed by atoms with van der Waals surface area (Å²) in [5, 5.41) is 4.29. The monoisotopic (exact) mass is 294 g/mol. The molecule has 3 rings (SSSR count). The van der Waals surface area contributed by atoms with Crippen LogP contribution in [0.15, 0.2) is 59.4 Å². The minimum Gasteiger partial charge on any atom is -0.494 e. The number of hydrogen-bond acceptors (Lipinski definition) is 3. The first-order valence-corrected chi connectivity index (χ1v) is 7.34. The standard InChI is InChI=1S/C18H18N2O2/c1-2-22-16-9-7-15(8-10-16)19-12-14-11-13-5-3-4-6-17(13)20-18(14)21/h3-11,19H,2,12H2,1H3,(H,20,21). The predicted octanol–water partition coefficient (Wildman–Crippen LogP) is 3.54. The second-order valence-corrected chi connectivity index (χ2v) is 5.02. The molecule has 0 aliphatic carbocycles. The smallest absolute Gasteiger partial charge is 0.253 e. The second kappa shape index (κ2) is 6.35. The Labute approximate surface area is 128 Å². The van der Waals surface area contributed by atoms with Gasteiger partial charge >= 0.3 is 0 Å². The summed E-state index contributed by atoms with van der Waals surface area (Å²) < 4.78 is 5.41. The second-order valence-electron chi connectivity index (χ2n) is 5.02. The van der Waals surface area contributed by atoms with Gasteiger partial charge in [-0.3, -0.25) is 4.79 Å². The lowest BCUT2D eigenvalue weighted by Gasteiger charge is -2.08. The number of hydrogen-bond donors (Lipinski definition) is 2. The summed E-state index contributed by atoms with van der Waals surface area (Å²) in [5.41, 5.74) is 2.47. The van der Waals surface area contributed by atoms with Gasteiger partial charge in [0.25, 0.3) is 5.56 Å². The zero-order valence-electron chi connectivity index (χ0n) is 12.4. The summed E-state index contributed by atoms with van der Waals surface area (Å²) in [6.07, 6.45) is 0. The molecule has 0 fully saturated rings. The van der Waals surface area contributed by atoms with Crippen molar-refractivity contribution in [2.24, 2.45) is 0 Å². The van der Waals surface area contributed by atoms with Gasteiger partial charge in [-0.25, -0.2) is 0 Å². The van der Waals surface area contributed by atoms with Crippen molar-refractivity contribution in [1.82, 2.24) is 4.98 Å². The van der Waals surface area contributed by atoms with E-state index in [1.54, 1.807) is 0 Å². The Balaban J connectivity index is 1.75. The Morgan fingerprint density at radius 2 is 1.86 bits per heavy atom. The lowest BCUT2D eigenvalue weighted by atomic mass is 10.1. The van der Waals surface area contributed by atoms with Crippen molar-refractivity contribution in [2.45, 2.75) is 13.5 Å². The maximum atomic E-state index is 12.1. The van der Waals surface area contributed by atoms with Gasteiger partial charge < -0.3 is 15.0 Å². The molecule has 4 nitrogen and oxygen atoms in total. The molecule has 0 atom stereocenters. The van der Waals surface area contributed by atoms with E-state index >= 15 is 0 Å². The van der Waals surface area contributed by atoms with Gasteiger partial charge in [-0.2, -0.15) is 0 Å². The Morgan fingerprint density at radius 3 is 2.64 bits per heavy atom.